The van der Waals surface area contributed by atoms with Crippen LogP contribution in [0.25, 0.3) is 0 Å². The lowest BCUT2D eigenvalue weighted by Crippen LogP contribution is -2.50. The third-order valence-electron chi connectivity index (χ3n) is 4.88. The summed E-state index contributed by atoms with van der Waals surface area (Å²) in [4.78, 5) is 14.4. The van der Waals surface area contributed by atoms with Crippen molar-refractivity contribution in [2.45, 2.75) is 57.1 Å². The van der Waals surface area contributed by atoms with Crippen LogP contribution >= 0.6 is 0 Å². The van der Waals surface area contributed by atoms with E-state index in [4.69, 9.17) is 4.74 Å². The first kappa shape index (κ1) is 16.7. The van der Waals surface area contributed by atoms with Crippen LogP contribution in [0.15, 0.2) is 0 Å². The van der Waals surface area contributed by atoms with Crippen LogP contribution in [0, 0.1) is 5.92 Å². The van der Waals surface area contributed by atoms with Crippen molar-refractivity contribution in [2.24, 2.45) is 5.92 Å². The van der Waals surface area contributed by atoms with Gasteiger partial charge in [-0.25, -0.2) is 0 Å². The highest BCUT2D eigenvalue weighted by Gasteiger charge is 2.37. The Kier molecular flexibility index (Phi) is 6.93. The van der Waals surface area contributed by atoms with Crippen LogP contribution < -0.4 is 5.32 Å². The minimum absolute atomic E-state index is 0.102. The molecular formula is C16H30N2O3. The van der Waals surface area contributed by atoms with E-state index in [9.17, 15) is 9.90 Å². The smallest absolute Gasteiger partial charge is 0.234 e. The van der Waals surface area contributed by atoms with Gasteiger partial charge in [0, 0.05) is 32.2 Å². The van der Waals surface area contributed by atoms with Crippen molar-refractivity contribution in [3.8, 4) is 0 Å². The van der Waals surface area contributed by atoms with Gasteiger partial charge in [0.05, 0.1) is 12.6 Å². The van der Waals surface area contributed by atoms with Crippen molar-refractivity contribution >= 4 is 5.91 Å². The van der Waals surface area contributed by atoms with Gasteiger partial charge in [-0.15, -0.1) is 0 Å². The van der Waals surface area contributed by atoms with Gasteiger partial charge < -0.3 is 15.2 Å². The van der Waals surface area contributed by atoms with Crippen LogP contribution in [0.2, 0.25) is 0 Å². The molecule has 2 aliphatic rings. The number of ether oxygens (including phenoxy) is 1. The van der Waals surface area contributed by atoms with Crippen molar-refractivity contribution in [3.63, 3.8) is 0 Å². The minimum atomic E-state index is -0.166. The van der Waals surface area contributed by atoms with Gasteiger partial charge >= 0.3 is 0 Å². The summed E-state index contributed by atoms with van der Waals surface area (Å²) in [6.45, 7) is 2.82. The molecule has 3 atom stereocenters. The Morgan fingerprint density at radius 2 is 2.14 bits per heavy atom. The number of nitrogens with one attached hydrogen (secondary N) is 1. The van der Waals surface area contributed by atoms with E-state index in [1.807, 2.05) is 0 Å². The average molecular weight is 298 g/mol. The van der Waals surface area contributed by atoms with E-state index in [-0.39, 0.29) is 12.0 Å². The largest absolute Gasteiger partial charge is 0.393 e. The molecule has 0 spiro atoms. The standard InChI is InChI=1S/C16H30N2O3/c1-21-11-5-9-17-16(20)12-18-10-3-2-7-14(18)13-6-4-8-15(13)19/h13-15,19H,2-12H2,1H3,(H,17,20). The van der Waals surface area contributed by atoms with Gasteiger partial charge in [-0.05, 0) is 38.6 Å². The quantitative estimate of drug-likeness (QED) is 0.692. The van der Waals surface area contributed by atoms with E-state index in [2.05, 4.69) is 10.2 Å². The van der Waals surface area contributed by atoms with Gasteiger partial charge in [0.25, 0.3) is 0 Å². The van der Waals surface area contributed by atoms with Crippen LogP contribution in [-0.4, -0.2) is 61.4 Å². The summed E-state index contributed by atoms with van der Waals surface area (Å²) >= 11 is 0. The lowest BCUT2D eigenvalue weighted by atomic mass is 9.88. The number of aliphatic hydroxyl groups excluding tert-OH is 1. The van der Waals surface area contributed by atoms with Gasteiger partial charge in [-0.3, -0.25) is 9.69 Å². The lowest BCUT2D eigenvalue weighted by molar-refractivity contribution is -0.123. The Hall–Kier alpha value is -0.650. The predicted octanol–water partition coefficient (Wildman–Crippen LogP) is 1.15. The average Bonchev–Trinajstić information content (AvgIpc) is 2.90. The number of hydrogen-bond acceptors (Lipinski definition) is 4. The molecule has 5 heteroatoms. The maximum absolute atomic E-state index is 12.1. The van der Waals surface area contributed by atoms with Crippen LogP contribution in [0.1, 0.15) is 44.9 Å². The fourth-order valence-corrected chi connectivity index (χ4v) is 3.80. The first-order chi connectivity index (χ1) is 10.2. The Morgan fingerprint density at radius 1 is 1.29 bits per heavy atom. The second-order valence-electron chi connectivity index (χ2n) is 6.39. The zero-order valence-corrected chi connectivity index (χ0v) is 13.2. The first-order valence-corrected chi connectivity index (χ1v) is 8.40. The number of piperidine rings is 1. The molecule has 2 N–H and O–H groups in total. The molecule has 2 fully saturated rings. The molecule has 2 rings (SSSR count). The number of amides is 1. The maximum Gasteiger partial charge on any atom is 0.234 e. The van der Waals surface area contributed by atoms with Gasteiger partial charge in [-0.1, -0.05) is 12.8 Å². The third kappa shape index (κ3) is 4.94. The monoisotopic (exact) mass is 298 g/mol. The summed E-state index contributed by atoms with van der Waals surface area (Å²) in [5.74, 6) is 0.470. The van der Waals surface area contributed by atoms with Crippen LogP contribution in [0.4, 0.5) is 0 Å². The molecule has 1 amide bonds. The fraction of sp³-hybridized carbons (Fsp3) is 0.938. The molecule has 0 radical (unpaired) electrons. The zero-order valence-electron chi connectivity index (χ0n) is 13.2. The summed E-state index contributed by atoms with van der Waals surface area (Å²) in [5.41, 5.74) is 0. The van der Waals surface area contributed by atoms with Crippen LogP contribution in [0.5, 0.6) is 0 Å². The molecule has 1 heterocycles. The minimum Gasteiger partial charge on any atom is -0.393 e. The van der Waals surface area contributed by atoms with E-state index < -0.39 is 0 Å². The summed E-state index contributed by atoms with van der Waals surface area (Å²) in [6.07, 6.45) is 7.36. The van der Waals surface area contributed by atoms with E-state index in [1.54, 1.807) is 7.11 Å². The van der Waals surface area contributed by atoms with Gasteiger partial charge in [0.1, 0.15) is 0 Å². The molecule has 3 unspecified atom stereocenters. The lowest BCUT2D eigenvalue weighted by Gasteiger charge is -2.40. The zero-order chi connectivity index (χ0) is 15.1. The number of methoxy groups -OCH3 is 1. The summed E-state index contributed by atoms with van der Waals surface area (Å²) in [5, 5.41) is 13.1. The number of rotatable bonds is 7. The number of nitrogens with zero attached hydrogens (tertiary/aromatic N) is 1. The van der Waals surface area contributed by atoms with Crippen LogP contribution in [0.3, 0.4) is 0 Å². The van der Waals surface area contributed by atoms with Crippen molar-refractivity contribution in [2.75, 3.05) is 33.4 Å². The number of aliphatic hydroxyl groups is 1. The molecule has 21 heavy (non-hydrogen) atoms. The van der Waals surface area contributed by atoms with E-state index in [0.717, 1.165) is 45.1 Å². The molecule has 1 aliphatic heterocycles. The van der Waals surface area contributed by atoms with Crippen molar-refractivity contribution in [3.05, 3.63) is 0 Å². The second-order valence-corrected chi connectivity index (χ2v) is 6.39. The molecule has 5 nitrogen and oxygen atoms in total. The molecule has 0 aromatic rings. The SMILES string of the molecule is COCCCNC(=O)CN1CCCCC1C1CCCC1O. The summed E-state index contributed by atoms with van der Waals surface area (Å²) < 4.78 is 4.98. The molecule has 0 bridgehead atoms. The predicted molar refractivity (Wildman–Crippen MR) is 82.1 cm³/mol. The molecule has 0 aromatic heterocycles. The Labute approximate surface area is 128 Å². The number of hydrogen-bond donors (Lipinski definition) is 2. The van der Waals surface area contributed by atoms with E-state index in [1.165, 1.54) is 6.42 Å². The molecule has 1 aliphatic carbocycles. The van der Waals surface area contributed by atoms with E-state index >= 15 is 0 Å². The highest BCUT2D eigenvalue weighted by Crippen LogP contribution is 2.34. The third-order valence-corrected chi connectivity index (χ3v) is 4.88. The topological polar surface area (TPSA) is 61.8 Å². The number of carbonyl (C=O) groups is 1. The Morgan fingerprint density at radius 3 is 2.86 bits per heavy atom. The number of carbonyl (C=O) groups excluding carboxylic acids is 1. The molecule has 1 saturated heterocycles. The maximum atomic E-state index is 12.1. The van der Waals surface area contributed by atoms with Crippen LogP contribution in [-0.2, 0) is 9.53 Å². The molecule has 1 saturated carbocycles. The molecular weight excluding hydrogens is 268 g/mol. The molecule has 122 valence electrons. The summed E-state index contributed by atoms with van der Waals surface area (Å²) in [7, 11) is 1.67. The van der Waals surface area contributed by atoms with Crippen molar-refractivity contribution in [1.29, 1.82) is 0 Å². The van der Waals surface area contributed by atoms with Crippen molar-refractivity contribution < 1.29 is 14.6 Å². The van der Waals surface area contributed by atoms with Gasteiger partial charge in [0.15, 0.2) is 0 Å². The van der Waals surface area contributed by atoms with Gasteiger partial charge in [0.2, 0.25) is 5.91 Å². The molecule has 0 aromatic carbocycles. The summed E-state index contributed by atoms with van der Waals surface area (Å²) in [6, 6.07) is 0.390. The fourth-order valence-electron chi connectivity index (χ4n) is 3.80. The van der Waals surface area contributed by atoms with Gasteiger partial charge in [-0.2, -0.15) is 0 Å². The second kappa shape index (κ2) is 8.71. The first-order valence-electron chi connectivity index (χ1n) is 8.40. The highest BCUT2D eigenvalue weighted by atomic mass is 16.5. The Balaban J connectivity index is 1.80. The number of likely N-dealkylation sites (tertiary alicyclic amines) is 1. The normalized spacial score (nSPS) is 30.5. The van der Waals surface area contributed by atoms with E-state index in [0.29, 0.717) is 31.7 Å². The van der Waals surface area contributed by atoms with Crippen molar-refractivity contribution in [1.82, 2.24) is 10.2 Å². The Bertz CT molecular complexity index is 325. The highest BCUT2D eigenvalue weighted by molar-refractivity contribution is 5.78.